The fourth-order valence-electron chi connectivity index (χ4n) is 2.30. The number of amides is 1. The zero-order valence-corrected chi connectivity index (χ0v) is 12.1. The van der Waals surface area contributed by atoms with Crippen LogP contribution in [-0.4, -0.2) is 10.9 Å². The lowest BCUT2D eigenvalue weighted by molar-refractivity contribution is 0.100. The average Bonchev–Trinajstić information content (AvgIpc) is 2.92. The van der Waals surface area contributed by atoms with Crippen LogP contribution in [0.2, 0.25) is 5.02 Å². The van der Waals surface area contributed by atoms with Crippen molar-refractivity contribution in [3.8, 4) is 0 Å². The Morgan fingerprint density at radius 3 is 2.90 bits per heavy atom. The maximum Gasteiger partial charge on any atom is 0.250 e. The van der Waals surface area contributed by atoms with Crippen molar-refractivity contribution >= 4 is 45.4 Å². The molecule has 0 radical (unpaired) electrons. The van der Waals surface area contributed by atoms with E-state index >= 15 is 0 Å². The van der Waals surface area contributed by atoms with Crippen molar-refractivity contribution in [2.45, 2.75) is 19.3 Å². The van der Waals surface area contributed by atoms with Crippen LogP contribution < -0.4 is 16.8 Å². The van der Waals surface area contributed by atoms with Crippen LogP contribution in [-0.2, 0) is 12.8 Å². The van der Waals surface area contributed by atoms with Crippen LogP contribution in [0.15, 0.2) is 12.1 Å². The van der Waals surface area contributed by atoms with E-state index in [0.29, 0.717) is 16.4 Å². The summed E-state index contributed by atoms with van der Waals surface area (Å²) in [7, 11) is 0. The highest BCUT2D eigenvalue weighted by atomic mass is 35.5. The number of hydrogen-bond acceptors (Lipinski definition) is 5. The van der Waals surface area contributed by atoms with Crippen LogP contribution in [0.25, 0.3) is 0 Å². The predicted octanol–water partition coefficient (Wildman–Crippen LogP) is 2.71. The zero-order chi connectivity index (χ0) is 14.3. The SMILES string of the molecule is NC(=O)c1cc(N)cc(Cl)c1Nc1nc2c(s1)CCC2. The lowest BCUT2D eigenvalue weighted by Crippen LogP contribution is -2.14. The maximum atomic E-state index is 11.5. The largest absolute Gasteiger partial charge is 0.399 e. The molecule has 0 fully saturated rings. The van der Waals surface area contributed by atoms with Crippen LogP contribution in [0.1, 0.15) is 27.3 Å². The van der Waals surface area contributed by atoms with Crippen molar-refractivity contribution in [3.63, 3.8) is 0 Å². The number of aromatic nitrogens is 1. The molecule has 0 unspecified atom stereocenters. The molecule has 1 aromatic heterocycles. The molecule has 7 heteroatoms. The first kappa shape index (κ1) is 13.2. The minimum atomic E-state index is -0.578. The molecule has 0 aliphatic heterocycles. The highest BCUT2D eigenvalue weighted by molar-refractivity contribution is 7.15. The number of fused-ring (bicyclic) bond motifs is 1. The molecule has 1 aliphatic carbocycles. The van der Waals surface area contributed by atoms with Gasteiger partial charge in [-0.05, 0) is 31.4 Å². The number of carbonyl (C=O) groups excluding carboxylic acids is 1. The summed E-state index contributed by atoms with van der Waals surface area (Å²) in [6, 6.07) is 3.09. The topological polar surface area (TPSA) is 94.0 Å². The number of benzene rings is 1. The normalized spacial score (nSPS) is 13.2. The summed E-state index contributed by atoms with van der Waals surface area (Å²) in [6.45, 7) is 0. The van der Waals surface area contributed by atoms with Crippen molar-refractivity contribution in [1.82, 2.24) is 4.98 Å². The molecule has 104 valence electrons. The second-order valence-electron chi connectivity index (χ2n) is 4.66. The Hall–Kier alpha value is -1.79. The second kappa shape index (κ2) is 4.96. The number of hydrogen-bond donors (Lipinski definition) is 3. The van der Waals surface area contributed by atoms with Gasteiger partial charge in [0.1, 0.15) is 0 Å². The second-order valence-corrected chi connectivity index (χ2v) is 6.15. The molecule has 0 saturated carbocycles. The first-order valence-electron chi connectivity index (χ1n) is 6.19. The summed E-state index contributed by atoms with van der Waals surface area (Å²) in [5.41, 5.74) is 13.3. The lowest BCUT2D eigenvalue weighted by atomic mass is 10.1. The van der Waals surface area contributed by atoms with Gasteiger partial charge < -0.3 is 16.8 Å². The Bertz CT molecular complexity index is 676. The van der Waals surface area contributed by atoms with Crippen molar-refractivity contribution in [2.75, 3.05) is 11.1 Å². The predicted molar refractivity (Wildman–Crippen MR) is 81.8 cm³/mol. The number of anilines is 3. The number of nitrogens with one attached hydrogen (secondary N) is 1. The molecule has 5 nitrogen and oxygen atoms in total. The van der Waals surface area contributed by atoms with Crippen molar-refractivity contribution in [3.05, 3.63) is 33.3 Å². The Balaban J connectivity index is 1.99. The molecule has 1 amide bonds. The van der Waals surface area contributed by atoms with Crippen LogP contribution in [0.4, 0.5) is 16.5 Å². The molecular formula is C13H13ClN4OS. The number of aryl methyl sites for hydroxylation is 2. The first-order chi connectivity index (χ1) is 9.54. The Morgan fingerprint density at radius 2 is 2.20 bits per heavy atom. The fraction of sp³-hybridized carbons (Fsp3) is 0.231. The minimum Gasteiger partial charge on any atom is -0.399 e. The number of primary amides is 1. The molecule has 0 spiro atoms. The molecular weight excluding hydrogens is 296 g/mol. The summed E-state index contributed by atoms with van der Waals surface area (Å²) in [4.78, 5) is 17.3. The van der Waals surface area contributed by atoms with Gasteiger partial charge in [0, 0.05) is 10.6 Å². The molecule has 1 heterocycles. The molecule has 3 rings (SSSR count). The number of nitrogens with zero attached hydrogens (tertiary/aromatic N) is 1. The summed E-state index contributed by atoms with van der Waals surface area (Å²) < 4.78 is 0. The third-order valence-corrected chi connectivity index (χ3v) is 4.58. The van der Waals surface area contributed by atoms with Gasteiger partial charge in [-0.15, -0.1) is 11.3 Å². The smallest absolute Gasteiger partial charge is 0.250 e. The summed E-state index contributed by atoms with van der Waals surface area (Å²) in [6.07, 6.45) is 3.22. The van der Waals surface area contributed by atoms with E-state index in [1.165, 1.54) is 10.9 Å². The van der Waals surface area contributed by atoms with E-state index in [9.17, 15) is 4.79 Å². The summed E-state index contributed by atoms with van der Waals surface area (Å²) >= 11 is 7.74. The van der Waals surface area contributed by atoms with Gasteiger partial charge in [-0.25, -0.2) is 4.98 Å². The lowest BCUT2D eigenvalue weighted by Gasteiger charge is -2.11. The number of thiazole rings is 1. The van der Waals surface area contributed by atoms with Gasteiger partial charge in [-0.1, -0.05) is 11.6 Å². The van der Waals surface area contributed by atoms with Crippen molar-refractivity contribution in [2.24, 2.45) is 5.73 Å². The molecule has 0 atom stereocenters. The average molecular weight is 309 g/mol. The van der Waals surface area contributed by atoms with E-state index in [-0.39, 0.29) is 5.56 Å². The Kier molecular flexibility index (Phi) is 3.27. The monoisotopic (exact) mass is 308 g/mol. The molecule has 1 aromatic carbocycles. The number of nitrogen functional groups attached to an aromatic ring is 1. The van der Waals surface area contributed by atoms with Gasteiger partial charge >= 0.3 is 0 Å². The third kappa shape index (κ3) is 2.32. The standard InChI is InChI=1S/C13H13ClN4OS/c14-8-5-6(15)4-7(12(16)19)11(8)18-13-17-9-2-1-3-10(9)20-13/h4-5H,1-3,15H2,(H2,16,19)(H,17,18). The molecule has 20 heavy (non-hydrogen) atoms. The van der Waals surface area contributed by atoms with E-state index in [1.54, 1.807) is 17.4 Å². The maximum absolute atomic E-state index is 11.5. The van der Waals surface area contributed by atoms with Gasteiger partial charge in [0.25, 0.3) is 5.91 Å². The van der Waals surface area contributed by atoms with E-state index in [4.69, 9.17) is 23.1 Å². The van der Waals surface area contributed by atoms with Crippen molar-refractivity contribution in [1.29, 1.82) is 0 Å². The third-order valence-electron chi connectivity index (χ3n) is 3.21. The Labute approximate surface area is 124 Å². The number of carbonyl (C=O) groups is 1. The quantitative estimate of drug-likeness (QED) is 0.760. The zero-order valence-electron chi connectivity index (χ0n) is 10.6. The summed E-state index contributed by atoms with van der Waals surface area (Å²) in [5.74, 6) is -0.578. The molecule has 1 aliphatic rings. The van der Waals surface area contributed by atoms with E-state index in [0.717, 1.165) is 30.1 Å². The first-order valence-corrected chi connectivity index (χ1v) is 7.38. The van der Waals surface area contributed by atoms with Gasteiger partial charge in [-0.2, -0.15) is 0 Å². The van der Waals surface area contributed by atoms with E-state index in [1.807, 2.05) is 0 Å². The molecule has 0 saturated heterocycles. The van der Waals surface area contributed by atoms with Crippen LogP contribution >= 0.6 is 22.9 Å². The fourth-order valence-corrected chi connectivity index (χ4v) is 3.63. The molecule has 2 aromatic rings. The van der Waals surface area contributed by atoms with E-state index < -0.39 is 5.91 Å². The highest BCUT2D eigenvalue weighted by Gasteiger charge is 2.19. The van der Waals surface area contributed by atoms with Gasteiger partial charge in [-0.3, -0.25) is 4.79 Å². The van der Waals surface area contributed by atoms with Gasteiger partial charge in [0.05, 0.1) is 22.0 Å². The van der Waals surface area contributed by atoms with Crippen LogP contribution in [0.3, 0.4) is 0 Å². The highest BCUT2D eigenvalue weighted by Crippen LogP contribution is 2.36. The summed E-state index contributed by atoms with van der Waals surface area (Å²) in [5, 5.41) is 4.18. The number of rotatable bonds is 3. The van der Waals surface area contributed by atoms with Crippen LogP contribution in [0.5, 0.6) is 0 Å². The number of halogens is 1. The van der Waals surface area contributed by atoms with Crippen molar-refractivity contribution < 1.29 is 4.79 Å². The number of nitrogens with two attached hydrogens (primary N) is 2. The Morgan fingerprint density at radius 1 is 1.40 bits per heavy atom. The van der Waals surface area contributed by atoms with Gasteiger partial charge in [0.15, 0.2) is 5.13 Å². The van der Waals surface area contributed by atoms with Gasteiger partial charge in [0.2, 0.25) is 0 Å². The molecule has 5 N–H and O–H groups in total. The van der Waals surface area contributed by atoms with E-state index in [2.05, 4.69) is 10.3 Å². The van der Waals surface area contributed by atoms with Crippen LogP contribution in [0, 0.1) is 0 Å². The molecule has 0 bridgehead atoms. The minimum absolute atomic E-state index is 0.269.